The van der Waals surface area contributed by atoms with Crippen LogP contribution in [0.5, 0.6) is 0 Å². The second-order valence-electron chi connectivity index (χ2n) is 3.72. The molecule has 0 amide bonds. The highest BCUT2D eigenvalue weighted by atomic mass is 35.5. The van der Waals surface area contributed by atoms with E-state index >= 15 is 0 Å². The molecule has 0 bridgehead atoms. The van der Waals surface area contributed by atoms with Crippen LogP contribution in [0.2, 0.25) is 5.02 Å². The van der Waals surface area contributed by atoms with Crippen LogP contribution in [0.3, 0.4) is 0 Å². The van der Waals surface area contributed by atoms with Crippen molar-refractivity contribution < 1.29 is 13.2 Å². The van der Waals surface area contributed by atoms with Crippen molar-refractivity contribution in [2.24, 2.45) is 0 Å². The molecule has 0 saturated heterocycles. The highest BCUT2D eigenvalue weighted by Crippen LogP contribution is 2.39. The molecule has 99 valence electrons. The van der Waals surface area contributed by atoms with E-state index in [9.17, 15) is 13.2 Å². The van der Waals surface area contributed by atoms with Gasteiger partial charge >= 0.3 is 6.18 Å². The Labute approximate surface area is 112 Å². The maximum Gasteiger partial charge on any atom is 0.417 e. The minimum Gasteiger partial charge on any atom is -0.397 e. The molecule has 2 aromatic rings. The second kappa shape index (κ2) is 4.97. The van der Waals surface area contributed by atoms with Gasteiger partial charge in [0.2, 0.25) is 0 Å². The lowest BCUT2D eigenvalue weighted by Gasteiger charge is -2.14. The van der Waals surface area contributed by atoms with E-state index in [4.69, 9.17) is 17.3 Å². The molecule has 0 aliphatic heterocycles. The number of nitrogens with zero attached hydrogens (tertiary/aromatic N) is 1. The Kier molecular flexibility index (Phi) is 3.53. The molecule has 0 aliphatic carbocycles. The predicted molar refractivity (Wildman–Crippen MR) is 67.2 cm³/mol. The molecule has 1 radical (unpaired) electrons. The molecular formula is C12H8ClF3N3. The molecule has 0 aliphatic rings. The van der Waals surface area contributed by atoms with Crippen molar-refractivity contribution in [3.8, 4) is 0 Å². The highest BCUT2D eigenvalue weighted by Gasteiger charge is 2.33. The summed E-state index contributed by atoms with van der Waals surface area (Å²) in [4.78, 5) is 3.75. The molecule has 2 rings (SSSR count). The summed E-state index contributed by atoms with van der Waals surface area (Å²) in [5.74, 6) is 0. The van der Waals surface area contributed by atoms with Crippen LogP contribution >= 0.6 is 11.6 Å². The van der Waals surface area contributed by atoms with Gasteiger partial charge in [-0.1, -0.05) is 11.6 Å². The molecule has 7 heteroatoms. The first-order chi connectivity index (χ1) is 8.88. The number of hydrogen-bond donors (Lipinski definition) is 2. The van der Waals surface area contributed by atoms with Gasteiger partial charge in [0.15, 0.2) is 0 Å². The van der Waals surface area contributed by atoms with E-state index in [-0.39, 0.29) is 11.4 Å². The number of alkyl halides is 3. The maximum atomic E-state index is 12.6. The van der Waals surface area contributed by atoms with Crippen LogP contribution in [0.4, 0.5) is 30.2 Å². The van der Waals surface area contributed by atoms with E-state index in [1.165, 1.54) is 6.20 Å². The summed E-state index contributed by atoms with van der Waals surface area (Å²) >= 11 is 5.61. The lowest BCUT2D eigenvalue weighted by atomic mass is 10.1. The van der Waals surface area contributed by atoms with Gasteiger partial charge in [0, 0.05) is 0 Å². The SMILES string of the molecule is Nc1cc(C(F)(F)F)c(Cl)cc1Nc1cc[c]nc1. The van der Waals surface area contributed by atoms with Crippen molar-refractivity contribution in [3.63, 3.8) is 0 Å². The number of pyridine rings is 1. The summed E-state index contributed by atoms with van der Waals surface area (Å²) in [5, 5.41) is 2.42. The summed E-state index contributed by atoms with van der Waals surface area (Å²) in [6, 6.07) is 5.14. The standard InChI is InChI=1S/C12H8ClF3N3/c13-9-5-11(19-7-2-1-3-18-6-7)10(17)4-8(9)12(14,15)16/h1-2,4-6,19H,17H2. The van der Waals surface area contributed by atoms with Crippen LogP contribution in [0.25, 0.3) is 0 Å². The Bertz CT molecular complexity index is 585. The van der Waals surface area contributed by atoms with E-state index < -0.39 is 16.8 Å². The molecule has 0 unspecified atom stereocenters. The number of nitrogen functional groups attached to an aromatic ring is 1. The van der Waals surface area contributed by atoms with Crippen LogP contribution in [-0.4, -0.2) is 4.98 Å². The van der Waals surface area contributed by atoms with Gasteiger partial charge in [-0.15, -0.1) is 0 Å². The fourth-order valence-corrected chi connectivity index (χ4v) is 1.74. The lowest BCUT2D eigenvalue weighted by Crippen LogP contribution is -2.08. The number of halogens is 4. The first-order valence-electron chi connectivity index (χ1n) is 5.13. The van der Waals surface area contributed by atoms with Gasteiger partial charge in [-0.25, -0.2) is 0 Å². The van der Waals surface area contributed by atoms with E-state index in [1.54, 1.807) is 12.1 Å². The van der Waals surface area contributed by atoms with Crippen LogP contribution < -0.4 is 11.1 Å². The number of hydrogen-bond acceptors (Lipinski definition) is 3. The third-order valence-corrected chi connectivity index (χ3v) is 2.65. The van der Waals surface area contributed by atoms with Gasteiger partial charge in [-0.05, 0) is 24.3 Å². The van der Waals surface area contributed by atoms with E-state index in [2.05, 4.69) is 16.5 Å². The molecular weight excluding hydrogens is 279 g/mol. The van der Waals surface area contributed by atoms with E-state index in [0.717, 1.165) is 12.1 Å². The number of benzene rings is 1. The Balaban J connectivity index is 2.36. The number of nitrogens with two attached hydrogens (primary N) is 1. The minimum atomic E-state index is -4.53. The molecule has 3 N–H and O–H groups in total. The number of nitrogens with one attached hydrogen (secondary N) is 1. The van der Waals surface area contributed by atoms with Crippen molar-refractivity contribution in [1.29, 1.82) is 0 Å². The van der Waals surface area contributed by atoms with E-state index in [0.29, 0.717) is 5.69 Å². The summed E-state index contributed by atoms with van der Waals surface area (Å²) in [5.41, 5.74) is 5.43. The highest BCUT2D eigenvalue weighted by molar-refractivity contribution is 6.32. The van der Waals surface area contributed by atoms with Gasteiger partial charge < -0.3 is 11.1 Å². The maximum absolute atomic E-state index is 12.6. The first-order valence-corrected chi connectivity index (χ1v) is 5.51. The van der Waals surface area contributed by atoms with Crippen LogP contribution in [0.15, 0.2) is 30.5 Å². The topological polar surface area (TPSA) is 50.9 Å². The summed E-state index contributed by atoms with van der Waals surface area (Å²) in [7, 11) is 0. The Morgan fingerprint density at radius 3 is 2.63 bits per heavy atom. The molecule has 1 heterocycles. The summed E-state index contributed by atoms with van der Waals surface area (Å²) in [6.45, 7) is 0. The Morgan fingerprint density at radius 1 is 1.32 bits per heavy atom. The van der Waals surface area contributed by atoms with Crippen molar-refractivity contribution in [2.75, 3.05) is 11.1 Å². The fraction of sp³-hybridized carbons (Fsp3) is 0.0833. The zero-order valence-electron chi connectivity index (χ0n) is 9.42. The average Bonchev–Trinajstić information content (AvgIpc) is 2.33. The van der Waals surface area contributed by atoms with Gasteiger partial charge in [0.25, 0.3) is 0 Å². The number of rotatable bonds is 2. The van der Waals surface area contributed by atoms with Crippen molar-refractivity contribution >= 4 is 28.7 Å². The third kappa shape index (κ3) is 3.08. The molecule has 1 aromatic carbocycles. The van der Waals surface area contributed by atoms with Crippen molar-refractivity contribution in [2.45, 2.75) is 6.18 Å². The monoisotopic (exact) mass is 286 g/mol. The molecule has 0 atom stereocenters. The largest absolute Gasteiger partial charge is 0.417 e. The van der Waals surface area contributed by atoms with Crippen LogP contribution in [0.1, 0.15) is 5.56 Å². The van der Waals surface area contributed by atoms with Crippen molar-refractivity contribution in [1.82, 2.24) is 4.98 Å². The molecule has 19 heavy (non-hydrogen) atoms. The first kappa shape index (κ1) is 13.5. The van der Waals surface area contributed by atoms with Gasteiger partial charge in [0.05, 0.1) is 40.0 Å². The van der Waals surface area contributed by atoms with Gasteiger partial charge in [-0.2, -0.15) is 13.2 Å². The molecule has 0 fully saturated rings. The number of aromatic nitrogens is 1. The normalized spacial score (nSPS) is 11.4. The quantitative estimate of drug-likeness (QED) is 0.824. The summed E-state index contributed by atoms with van der Waals surface area (Å²) < 4.78 is 37.8. The average molecular weight is 287 g/mol. The van der Waals surface area contributed by atoms with Crippen molar-refractivity contribution in [3.05, 3.63) is 47.2 Å². The minimum absolute atomic E-state index is 0.0513. The lowest BCUT2D eigenvalue weighted by molar-refractivity contribution is -0.137. The van der Waals surface area contributed by atoms with Gasteiger partial charge in [0.1, 0.15) is 0 Å². The third-order valence-electron chi connectivity index (χ3n) is 2.34. The molecule has 0 saturated carbocycles. The van der Waals surface area contributed by atoms with Crippen LogP contribution in [-0.2, 0) is 6.18 Å². The Hall–Kier alpha value is -1.95. The second-order valence-corrected chi connectivity index (χ2v) is 4.13. The smallest absolute Gasteiger partial charge is 0.397 e. The van der Waals surface area contributed by atoms with E-state index in [1.807, 2.05) is 0 Å². The fourth-order valence-electron chi connectivity index (χ4n) is 1.46. The zero-order valence-corrected chi connectivity index (χ0v) is 10.2. The molecule has 1 aromatic heterocycles. The number of anilines is 3. The van der Waals surface area contributed by atoms with Gasteiger partial charge in [-0.3, -0.25) is 4.98 Å². The zero-order chi connectivity index (χ0) is 14.0. The predicted octanol–water partition coefficient (Wildman–Crippen LogP) is 3.88. The molecule has 0 spiro atoms. The molecule has 3 nitrogen and oxygen atoms in total. The Morgan fingerprint density at radius 2 is 2.05 bits per heavy atom. The summed E-state index contributed by atoms with van der Waals surface area (Å²) in [6.07, 6.45) is -0.494. The van der Waals surface area contributed by atoms with Crippen LogP contribution in [0, 0.1) is 6.20 Å².